The Morgan fingerprint density at radius 2 is 1.96 bits per heavy atom. The molecule has 5 heteroatoms. The Morgan fingerprint density at radius 1 is 1.20 bits per heavy atom. The van der Waals surface area contributed by atoms with E-state index in [2.05, 4.69) is 12.2 Å². The fourth-order valence-electron chi connectivity index (χ4n) is 2.51. The van der Waals surface area contributed by atoms with E-state index in [4.69, 9.17) is 9.84 Å². The van der Waals surface area contributed by atoms with E-state index in [1.54, 1.807) is 0 Å². The van der Waals surface area contributed by atoms with E-state index >= 15 is 0 Å². The van der Waals surface area contributed by atoms with Crippen LogP contribution < -0.4 is 10.1 Å². The maximum Gasteiger partial charge on any atom is 0.220 e. The van der Waals surface area contributed by atoms with Gasteiger partial charge in [0.2, 0.25) is 5.91 Å². The van der Waals surface area contributed by atoms with E-state index in [0.717, 1.165) is 24.3 Å². The number of unbranched alkanes of at least 4 members (excludes halogenated alkanes) is 5. The number of rotatable bonds is 14. The van der Waals surface area contributed by atoms with Crippen LogP contribution in [0.2, 0.25) is 0 Å². The third kappa shape index (κ3) is 10.8. The summed E-state index contributed by atoms with van der Waals surface area (Å²) in [6, 6.07) is 7.85. The fraction of sp³-hybridized carbons (Fsp3) is 0.650. The van der Waals surface area contributed by atoms with Crippen LogP contribution in [0.1, 0.15) is 57.4 Å². The number of aryl methyl sites for hydroxylation is 1. The Bertz CT molecular complexity index is 479. The van der Waals surface area contributed by atoms with E-state index in [-0.39, 0.29) is 19.1 Å². The van der Waals surface area contributed by atoms with Gasteiger partial charge >= 0.3 is 0 Å². The normalized spacial score (nSPS) is 12.0. The Kier molecular flexibility index (Phi) is 11.7. The number of benzene rings is 1. The smallest absolute Gasteiger partial charge is 0.220 e. The molecule has 0 aliphatic rings. The monoisotopic (exact) mass is 351 g/mol. The molecule has 5 nitrogen and oxygen atoms in total. The van der Waals surface area contributed by atoms with Crippen molar-refractivity contribution in [3.63, 3.8) is 0 Å². The van der Waals surface area contributed by atoms with Crippen LogP contribution in [0.5, 0.6) is 5.75 Å². The highest BCUT2D eigenvalue weighted by atomic mass is 16.5. The second-order valence-corrected chi connectivity index (χ2v) is 6.40. The van der Waals surface area contributed by atoms with Crippen molar-refractivity contribution in [2.45, 2.75) is 64.4 Å². The lowest BCUT2D eigenvalue weighted by Crippen LogP contribution is -2.33. The van der Waals surface area contributed by atoms with Gasteiger partial charge in [-0.3, -0.25) is 4.79 Å². The lowest BCUT2D eigenvalue weighted by molar-refractivity contribution is -0.121. The Hall–Kier alpha value is -1.59. The first-order valence-electron chi connectivity index (χ1n) is 9.43. The van der Waals surface area contributed by atoms with Gasteiger partial charge in [-0.2, -0.15) is 0 Å². The van der Waals surface area contributed by atoms with Gasteiger partial charge in [0.25, 0.3) is 0 Å². The van der Waals surface area contributed by atoms with Crippen molar-refractivity contribution in [1.29, 1.82) is 0 Å². The van der Waals surface area contributed by atoms with Gasteiger partial charge in [0, 0.05) is 13.0 Å². The van der Waals surface area contributed by atoms with Crippen LogP contribution in [0, 0.1) is 0 Å². The highest BCUT2D eigenvalue weighted by molar-refractivity contribution is 5.76. The quantitative estimate of drug-likeness (QED) is 0.450. The van der Waals surface area contributed by atoms with Crippen molar-refractivity contribution >= 4 is 5.91 Å². The predicted octanol–water partition coefficient (Wildman–Crippen LogP) is 2.83. The number of amides is 1. The summed E-state index contributed by atoms with van der Waals surface area (Å²) in [5, 5.41) is 20.5. The molecule has 1 aromatic rings. The Labute approximate surface area is 151 Å². The first-order chi connectivity index (χ1) is 12.2. The molecule has 1 rings (SSSR count). The van der Waals surface area contributed by atoms with Crippen LogP contribution in [-0.2, 0) is 11.2 Å². The summed E-state index contributed by atoms with van der Waals surface area (Å²) in [5.41, 5.74) is 1.05. The highest BCUT2D eigenvalue weighted by Gasteiger charge is 2.06. The maximum atomic E-state index is 11.7. The van der Waals surface area contributed by atoms with Gasteiger partial charge in [0.1, 0.15) is 5.75 Å². The number of ether oxygens (including phenoxy) is 1. The summed E-state index contributed by atoms with van der Waals surface area (Å²) in [4.78, 5) is 11.7. The molecule has 0 fully saturated rings. The summed E-state index contributed by atoms with van der Waals surface area (Å²) in [6.07, 6.45) is 7.51. The van der Waals surface area contributed by atoms with E-state index in [0.29, 0.717) is 12.8 Å². The molecule has 0 aliphatic carbocycles. The number of nitrogens with one attached hydrogen (secondary N) is 1. The van der Waals surface area contributed by atoms with E-state index in [1.807, 2.05) is 24.3 Å². The third-order valence-electron chi connectivity index (χ3n) is 4.05. The van der Waals surface area contributed by atoms with Crippen LogP contribution in [0.15, 0.2) is 24.3 Å². The van der Waals surface area contributed by atoms with Crippen LogP contribution in [0.25, 0.3) is 0 Å². The molecule has 0 heterocycles. The predicted molar refractivity (Wildman–Crippen MR) is 99.7 cm³/mol. The van der Waals surface area contributed by atoms with Crippen molar-refractivity contribution in [1.82, 2.24) is 5.32 Å². The average molecular weight is 351 g/mol. The van der Waals surface area contributed by atoms with Crippen molar-refractivity contribution in [2.75, 3.05) is 19.8 Å². The van der Waals surface area contributed by atoms with Crippen LogP contribution >= 0.6 is 0 Å². The Morgan fingerprint density at radius 3 is 2.72 bits per heavy atom. The second kappa shape index (κ2) is 13.7. The summed E-state index contributed by atoms with van der Waals surface area (Å²) in [6.45, 7) is 2.68. The van der Waals surface area contributed by atoms with Gasteiger partial charge in [-0.15, -0.1) is 0 Å². The minimum atomic E-state index is -0.900. The van der Waals surface area contributed by atoms with Crippen molar-refractivity contribution in [2.24, 2.45) is 0 Å². The molecule has 0 aromatic heterocycles. The number of aliphatic hydroxyl groups is 2. The highest BCUT2D eigenvalue weighted by Crippen LogP contribution is 2.15. The molecular formula is C20H33NO4. The first kappa shape index (κ1) is 21.5. The standard InChI is InChI=1S/C20H33NO4/c1-2-3-4-5-6-7-13-25-19-10-8-9-17(14-19)11-12-20(24)21-15-18(23)16-22/h8-10,14,18,22-23H,2-7,11-13,15-16H2,1H3,(H,21,24). The van der Waals surface area contributed by atoms with Gasteiger partial charge in [-0.1, -0.05) is 51.2 Å². The molecule has 0 saturated carbocycles. The molecule has 0 radical (unpaired) electrons. The summed E-state index contributed by atoms with van der Waals surface area (Å²) in [5.74, 6) is 0.716. The third-order valence-corrected chi connectivity index (χ3v) is 4.05. The lowest BCUT2D eigenvalue weighted by atomic mass is 10.1. The number of carbonyl (C=O) groups is 1. The number of hydrogen-bond acceptors (Lipinski definition) is 4. The second-order valence-electron chi connectivity index (χ2n) is 6.40. The molecule has 1 unspecified atom stereocenters. The lowest BCUT2D eigenvalue weighted by Gasteiger charge is -2.10. The fourth-order valence-corrected chi connectivity index (χ4v) is 2.51. The molecule has 0 bridgehead atoms. The van der Waals surface area contributed by atoms with Gasteiger partial charge in [0.15, 0.2) is 0 Å². The van der Waals surface area contributed by atoms with E-state index < -0.39 is 6.10 Å². The zero-order valence-electron chi connectivity index (χ0n) is 15.4. The topological polar surface area (TPSA) is 78.8 Å². The average Bonchev–Trinajstić information content (AvgIpc) is 2.64. The molecule has 1 amide bonds. The minimum absolute atomic E-state index is 0.0801. The zero-order chi connectivity index (χ0) is 18.3. The van der Waals surface area contributed by atoms with Crippen LogP contribution in [0.4, 0.5) is 0 Å². The Balaban J connectivity index is 2.22. The molecule has 1 aromatic carbocycles. The van der Waals surface area contributed by atoms with Gasteiger partial charge in [0.05, 0.1) is 19.3 Å². The summed E-state index contributed by atoms with van der Waals surface area (Å²) < 4.78 is 5.79. The van der Waals surface area contributed by atoms with Gasteiger partial charge in [-0.25, -0.2) is 0 Å². The molecule has 1 atom stereocenters. The van der Waals surface area contributed by atoms with Crippen molar-refractivity contribution < 1.29 is 19.7 Å². The number of hydrogen-bond donors (Lipinski definition) is 3. The SMILES string of the molecule is CCCCCCCCOc1cccc(CCC(=O)NCC(O)CO)c1. The summed E-state index contributed by atoms with van der Waals surface area (Å²) >= 11 is 0. The van der Waals surface area contributed by atoms with E-state index in [9.17, 15) is 9.90 Å². The number of aliphatic hydroxyl groups excluding tert-OH is 2. The number of carbonyl (C=O) groups excluding carboxylic acids is 1. The van der Waals surface area contributed by atoms with Gasteiger partial charge < -0.3 is 20.3 Å². The molecular weight excluding hydrogens is 318 g/mol. The minimum Gasteiger partial charge on any atom is -0.494 e. The maximum absolute atomic E-state index is 11.7. The molecule has 142 valence electrons. The van der Waals surface area contributed by atoms with E-state index in [1.165, 1.54) is 32.1 Å². The molecule has 0 spiro atoms. The van der Waals surface area contributed by atoms with Crippen molar-refractivity contribution in [3.8, 4) is 5.75 Å². The molecule has 3 N–H and O–H groups in total. The molecule has 0 aliphatic heterocycles. The zero-order valence-corrected chi connectivity index (χ0v) is 15.4. The van der Waals surface area contributed by atoms with Crippen LogP contribution in [0.3, 0.4) is 0 Å². The molecule has 25 heavy (non-hydrogen) atoms. The molecule has 0 saturated heterocycles. The largest absolute Gasteiger partial charge is 0.494 e. The van der Waals surface area contributed by atoms with Gasteiger partial charge in [-0.05, 0) is 30.5 Å². The summed E-state index contributed by atoms with van der Waals surface area (Å²) in [7, 11) is 0. The van der Waals surface area contributed by atoms with Crippen molar-refractivity contribution in [3.05, 3.63) is 29.8 Å². The van der Waals surface area contributed by atoms with Crippen LogP contribution in [-0.4, -0.2) is 42.0 Å². The first-order valence-corrected chi connectivity index (χ1v) is 9.43.